The summed E-state index contributed by atoms with van der Waals surface area (Å²) in [6, 6.07) is 12.2. The molecule has 1 fully saturated rings. The van der Waals surface area contributed by atoms with Gasteiger partial charge in [0.2, 0.25) is 0 Å². The van der Waals surface area contributed by atoms with Gasteiger partial charge in [0.1, 0.15) is 30.5 Å². The number of nitrogens with zero attached hydrogens (tertiary/aromatic N) is 1. The molecule has 2 heterocycles. The van der Waals surface area contributed by atoms with Crippen LogP contribution in [0.4, 0.5) is 0 Å². The smallest absolute Gasteiger partial charge is 0.196 e. The molecule has 154 valence electrons. The van der Waals surface area contributed by atoms with Crippen LogP contribution in [0.1, 0.15) is 15.9 Å². The summed E-state index contributed by atoms with van der Waals surface area (Å²) in [5.41, 5.74) is 1.97. The molecule has 4 rings (SSSR count). The number of rotatable bonds is 5. The molecular formula is C22H24ClNO5. The van der Waals surface area contributed by atoms with E-state index in [-0.39, 0.29) is 30.5 Å². The minimum atomic E-state index is -0.0768. The van der Waals surface area contributed by atoms with Gasteiger partial charge in [-0.15, -0.1) is 12.4 Å². The van der Waals surface area contributed by atoms with Crippen LogP contribution in [0.3, 0.4) is 0 Å². The van der Waals surface area contributed by atoms with Crippen LogP contribution in [0.5, 0.6) is 17.2 Å². The first-order valence-corrected chi connectivity index (χ1v) is 9.43. The van der Waals surface area contributed by atoms with Gasteiger partial charge in [0.05, 0.1) is 18.8 Å². The second kappa shape index (κ2) is 9.78. The number of phenolic OH excluding ortho intramolecular Hbond substituents is 1. The summed E-state index contributed by atoms with van der Waals surface area (Å²) in [7, 11) is 0. The molecule has 29 heavy (non-hydrogen) atoms. The van der Waals surface area contributed by atoms with Crippen molar-refractivity contribution in [1.29, 1.82) is 0 Å². The highest BCUT2D eigenvalue weighted by Crippen LogP contribution is 2.31. The minimum absolute atomic E-state index is 0. The fourth-order valence-corrected chi connectivity index (χ4v) is 3.30. The van der Waals surface area contributed by atoms with Crippen molar-refractivity contribution in [2.75, 3.05) is 46.1 Å². The lowest BCUT2D eigenvalue weighted by Crippen LogP contribution is -2.38. The van der Waals surface area contributed by atoms with Crippen molar-refractivity contribution in [2.45, 2.75) is 0 Å². The molecule has 0 atom stereocenters. The van der Waals surface area contributed by atoms with Gasteiger partial charge in [0, 0.05) is 31.3 Å². The van der Waals surface area contributed by atoms with E-state index in [1.807, 2.05) is 30.3 Å². The Morgan fingerprint density at radius 1 is 1.10 bits per heavy atom. The maximum atomic E-state index is 12.6. The molecule has 2 aromatic carbocycles. The monoisotopic (exact) mass is 417 g/mol. The first-order valence-electron chi connectivity index (χ1n) is 9.43. The number of aromatic hydroxyl groups is 1. The second-order valence-corrected chi connectivity index (χ2v) is 6.84. The standard InChI is InChI=1S/C22H23NO5.ClH/c24-18-3-6-20-21(14-18)28-15-17(22(20)25)13-16-1-4-19(5-2-16)27-12-9-23-7-10-26-11-8-23;/h1-6,13-14,24H,7-12,15H2;1H/b17-13+;. The van der Waals surface area contributed by atoms with E-state index < -0.39 is 0 Å². The topological polar surface area (TPSA) is 68.2 Å². The molecule has 0 saturated carbocycles. The number of morpholine rings is 1. The number of hydrogen-bond donors (Lipinski definition) is 1. The molecule has 0 aromatic heterocycles. The number of ether oxygens (including phenoxy) is 3. The Balaban J connectivity index is 0.00000240. The number of carbonyl (C=O) groups excluding carboxylic acids is 1. The second-order valence-electron chi connectivity index (χ2n) is 6.84. The molecule has 0 bridgehead atoms. The van der Waals surface area contributed by atoms with Gasteiger partial charge >= 0.3 is 0 Å². The summed E-state index contributed by atoms with van der Waals surface area (Å²) in [6.45, 7) is 5.19. The highest BCUT2D eigenvalue weighted by molar-refractivity contribution is 6.14. The fraction of sp³-hybridized carbons (Fsp3) is 0.318. The Kier molecular flexibility index (Phi) is 7.14. The third-order valence-electron chi connectivity index (χ3n) is 4.89. The summed E-state index contributed by atoms with van der Waals surface area (Å²) >= 11 is 0. The Hall–Kier alpha value is -2.54. The van der Waals surface area contributed by atoms with Crippen molar-refractivity contribution in [1.82, 2.24) is 4.90 Å². The van der Waals surface area contributed by atoms with Gasteiger partial charge in [0.25, 0.3) is 0 Å². The lowest BCUT2D eigenvalue weighted by molar-refractivity contribution is 0.0322. The van der Waals surface area contributed by atoms with E-state index in [0.717, 1.165) is 44.2 Å². The summed E-state index contributed by atoms with van der Waals surface area (Å²) < 4.78 is 16.8. The average molecular weight is 418 g/mol. The number of benzene rings is 2. The summed E-state index contributed by atoms with van der Waals surface area (Å²) in [5.74, 6) is 1.24. The molecule has 0 amide bonds. The lowest BCUT2D eigenvalue weighted by Gasteiger charge is -2.26. The van der Waals surface area contributed by atoms with E-state index in [9.17, 15) is 9.90 Å². The summed E-state index contributed by atoms with van der Waals surface area (Å²) in [5, 5.41) is 9.51. The van der Waals surface area contributed by atoms with E-state index in [2.05, 4.69) is 4.90 Å². The Morgan fingerprint density at radius 3 is 2.62 bits per heavy atom. The summed E-state index contributed by atoms with van der Waals surface area (Å²) in [4.78, 5) is 15.0. The van der Waals surface area contributed by atoms with E-state index in [0.29, 0.717) is 23.5 Å². The molecule has 7 heteroatoms. The number of Topliss-reactive ketones (excluding diaryl/α,β-unsaturated/α-hetero) is 1. The van der Waals surface area contributed by atoms with Gasteiger partial charge in [-0.3, -0.25) is 9.69 Å². The number of carbonyl (C=O) groups is 1. The number of phenols is 1. The van der Waals surface area contributed by atoms with Crippen LogP contribution < -0.4 is 9.47 Å². The molecular weight excluding hydrogens is 394 g/mol. The SMILES string of the molecule is Cl.O=C1/C(=C/c2ccc(OCCN3CCOCC3)cc2)COc2cc(O)ccc21. The molecule has 6 nitrogen and oxygen atoms in total. The molecule has 0 radical (unpaired) electrons. The molecule has 1 saturated heterocycles. The molecule has 2 aliphatic rings. The van der Waals surface area contributed by atoms with E-state index >= 15 is 0 Å². The Labute approximate surface area is 176 Å². The lowest BCUT2D eigenvalue weighted by atomic mass is 9.98. The van der Waals surface area contributed by atoms with Crippen molar-refractivity contribution in [3.05, 3.63) is 59.2 Å². The molecule has 1 N–H and O–H groups in total. The van der Waals surface area contributed by atoms with Crippen LogP contribution in [0.2, 0.25) is 0 Å². The van der Waals surface area contributed by atoms with E-state index in [1.54, 1.807) is 6.07 Å². The third kappa shape index (κ3) is 5.29. The zero-order chi connectivity index (χ0) is 19.3. The first-order chi connectivity index (χ1) is 13.7. The highest BCUT2D eigenvalue weighted by Gasteiger charge is 2.23. The normalized spacial score (nSPS) is 17.9. The minimum Gasteiger partial charge on any atom is -0.508 e. The molecule has 2 aromatic rings. The molecule has 0 aliphatic carbocycles. The summed E-state index contributed by atoms with van der Waals surface area (Å²) in [6.07, 6.45) is 1.83. The fourth-order valence-electron chi connectivity index (χ4n) is 3.30. The van der Waals surface area contributed by atoms with Crippen molar-refractivity contribution in [3.8, 4) is 17.2 Å². The zero-order valence-corrected chi connectivity index (χ0v) is 16.8. The number of fused-ring (bicyclic) bond motifs is 1. The maximum absolute atomic E-state index is 12.6. The van der Waals surface area contributed by atoms with Gasteiger partial charge < -0.3 is 19.3 Å². The average Bonchev–Trinajstić information content (AvgIpc) is 2.72. The predicted octanol–water partition coefficient (Wildman–Crippen LogP) is 3.18. The van der Waals surface area contributed by atoms with E-state index in [1.165, 1.54) is 12.1 Å². The third-order valence-corrected chi connectivity index (χ3v) is 4.89. The Morgan fingerprint density at radius 2 is 1.86 bits per heavy atom. The highest BCUT2D eigenvalue weighted by atomic mass is 35.5. The largest absolute Gasteiger partial charge is 0.508 e. The van der Waals surface area contributed by atoms with Crippen LogP contribution in [-0.2, 0) is 4.74 Å². The van der Waals surface area contributed by atoms with Crippen molar-refractivity contribution in [2.24, 2.45) is 0 Å². The van der Waals surface area contributed by atoms with Gasteiger partial charge in [0.15, 0.2) is 5.78 Å². The molecule has 0 unspecified atom stereocenters. The van der Waals surface area contributed by atoms with Gasteiger partial charge in [-0.2, -0.15) is 0 Å². The number of halogens is 1. The zero-order valence-electron chi connectivity index (χ0n) is 16.0. The van der Waals surface area contributed by atoms with Crippen molar-refractivity contribution in [3.63, 3.8) is 0 Å². The number of ketones is 1. The van der Waals surface area contributed by atoms with Crippen LogP contribution in [0.25, 0.3) is 6.08 Å². The van der Waals surface area contributed by atoms with Crippen LogP contribution >= 0.6 is 12.4 Å². The number of hydrogen-bond acceptors (Lipinski definition) is 6. The van der Waals surface area contributed by atoms with Crippen molar-refractivity contribution >= 4 is 24.3 Å². The maximum Gasteiger partial charge on any atom is 0.196 e. The molecule has 0 spiro atoms. The van der Waals surface area contributed by atoms with Crippen molar-refractivity contribution < 1.29 is 24.1 Å². The van der Waals surface area contributed by atoms with Crippen LogP contribution in [-0.4, -0.2) is 61.9 Å². The van der Waals surface area contributed by atoms with E-state index in [4.69, 9.17) is 14.2 Å². The van der Waals surface area contributed by atoms with Gasteiger partial charge in [-0.25, -0.2) is 0 Å². The van der Waals surface area contributed by atoms with Crippen LogP contribution in [0, 0.1) is 0 Å². The molecule has 2 aliphatic heterocycles. The van der Waals surface area contributed by atoms with Crippen LogP contribution in [0.15, 0.2) is 48.0 Å². The predicted molar refractivity (Wildman–Crippen MR) is 112 cm³/mol. The quantitative estimate of drug-likeness (QED) is 0.753. The van der Waals surface area contributed by atoms with Gasteiger partial charge in [-0.05, 0) is 35.9 Å². The first kappa shape index (κ1) is 21.2. The Bertz CT molecular complexity index is 875. The van der Waals surface area contributed by atoms with Gasteiger partial charge in [-0.1, -0.05) is 12.1 Å².